The second kappa shape index (κ2) is 7.60. The maximum atomic E-state index is 6.11. The molecular formula is C19H21ClN4. The van der Waals surface area contributed by atoms with Crippen molar-refractivity contribution in [2.24, 2.45) is 0 Å². The Morgan fingerprint density at radius 2 is 1.88 bits per heavy atom. The van der Waals surface area contributed by atoms with Crippen LogP contribution in [0.5, 0.6) is 0 Å². The van der Waals surface area contributed by atoms with E-state index in [1.165, 1.54) is 0 Å². The van der Waals surface area contributed by atoms with Gasteiger partial charge in [0.1, 0.15) is 5.82 Å². The van der Waals surface area contributed by atoms with Crippen LogP contribution in [0.4, 0.5) is 5.82 Å². The van der Waals surface area contributed by atoms with E-state index in [1.807, 2.05) is 48.5 Å². The van der Waals surface area contributed by atoms with Gasteiger partial charge < -0.3 is 10.2 Å². The fourth-order valence-corrected chi connectivity index (χ4v) is 2.76. The van der Waals surface area contributed by atoms with Gasteiger partial charge in [-0.25, -0.2) is 9.97 Å². The number of rotatable bonds is 6. The Kier molecular flexibility index (Phi) is 5.28. The number of anilines is 1. The van der Waals surface area contributed by atoms with Crippen LogP contribution in [0.3, 0.4) is 0 Å². The van der Waals surface area contributed by atoms with Crippen molar-refractivity contribution in [2.45, 2.75) is 6.42 Å². The summed E-state index contributed by atoms with van der Waals surface area (Å²) in [6.07, 6.45) is 1.05. The lowest BCUT2D eigenvalue weighted by atomic mass is 10.2. The van der Waals surface area contributed by atoms with Crippen molar-refractivity contribution < 1.29 is 0 Å². The van der Waals surface area contributed by atoms with Crippen molar-refractivity contribution in [3.05, 3.63) is 53.6 Å². The number of nitrogens with zero attached hydrogens (tertiary/aromatic N) is 3. The molecule has 0 aliphatic heterocycles. The third-order valence-electron chi connectivity index (χ3n) is 3.76. The number of aromatic nitrogens is 2. The summed E-state index contributed by atoms with van der Waals surface area (Å²) in [5.74, 6) is 1.56. The molecule has 24 heavy (non-hydrogen) atoms. The van der Waals surface area contributed by atoms with E-state index in [0.717, 1.165) is 41.8 Å². The Bertz CT molecular complexity index is 832. The molecule has 0 atom stereocenters. The summed E-state index contributed by atoms with van der Waals surface area (Å²) in [6, 6.07) is 15.7. The number of halogens is 1. The molecule has 1 N–H and O–H groups in total. The molecule has 0 amide bonds. The number of para-hydroxylation sites is 1. The van der Waals surface area contributed by atoms with E-state index in [4.69, 9.17) is 16.6 Å². The maximum Gasteiger partial charge on any atom is 0.162 e. The van der Waals surface area contributed by atoms with E-state index in [1.54, 1.807) is 0 Å². The molecule has 0 unspecified atom stereocenters. The van der Waals surface area contributed by atoms with Gasteiger partial charge in [-0.3, -0.25) is 0 Å². The fourth-order valence-electron chi connectivity index (χ4n) is 2.57. The van der Waals surface area contributed by atoms with Crippen molar-refractivity contribution >= 4 is 28.3 Å². The normalized spacial score (nSPS) is 11.2. The molecule has 5 heteroatoms. The molecule has 0 saturated heterocycles. The Labute approximate surface area is 147 Å². The monoisotopic (exact) mass is 340 g/mol. The molecule has 0 aliphatic carbocycles. The number of fused-ring (bicyclic) bond motifs is 1. The third-order valence-corrected chi connectivity index (χ3v) is 4.00. The molecule has 0 bridgehead atoms. The van der Waals surface area contributed by atoms with Crippen LogP contribution in [-0.2, 0) is 0 Å². The summed E-state index contributed by atoms with van der Waals surface area (Å²) >= 11 is 6.11. The predicted molar refractivity (Wildman–Crippen MR) is 102 cm³/mol. The Balaban J connectivity index is 1.94. The van der Waals surface area contributed by atoms with E-state index < -0.39 is 0 Å². The summed E-state index contributed by atoms with van der Waals surface area (Å²) in [5, 5.41) is 5.18. The lowest BCUT2D eigenvalue weighted by molar-refractivity contribution is 0.405. The smallest absolute Gasteiger partial charge is 0.162 e. The van der Waals surface area contributed by atoms with Gasteiger partial charge in [-0.15, -0.1) is 0 Å². The first-order chi connectivity index (χ1) is 11.6. The average molecular weight is 341 g/mol. The zero-order valence-electron chi connectivity index (χ0n) is 14.0. The van der Waals surface area contributed by atoms with Crippen LogP contribution in [0, 0.1) is 0 Å². The van der Waals surface area contributed by atoms with Crippen LogP contribution in [0.25, 0.3) is 22.3 Å². The largest absolute Gasteiger partial charge is 0.369 e. The highest BCUT2D eigenvalue weighted by atomic mass is 35.5. The summed E-state index contributed by atoms with van der Waals surface area (Å²) in [4.78, 5) is 11.6. The first kappa shape index (κ1) is 16.7. The Morgan fingerprint density at radius 3 is 2.67 bits per heavy atom. The van der Waals surface area contributed by atoms with Crippen LogP contribution in [0.2, 0.25) is 5.02 Å². The van der Waals surface area contributed by atoms with Gasteiger partial charge >= 0.3 is 0 Å². The molecule has 3 rings (SSSR count). The third kappa shape index (κ3) is 4.02. The molecule has 4 nitrogen and oxygen atoms in total. The minimum Gasteiger partial charge on any atom is -0.369 e. The molecule has 0 spiro atoms. The minimum absolute atomic E-state index is 0.685. The fraction of sp³-hybridized carbons (Fsp3) is 0.263. The second-order valence-electron chi connectivity index (χ2n) is 6.01. The first-order valence-corrected chi connectivity index (χ1v) is 8.42. The van der Waals surface area contributed by atoms with Gasteiger partial charge in [0.25, 0.3) is 0 Å². The van der Waals surface area contributed by atoms with Crippen LogP contribution in [-0.4, -0.2) is 42.1 Å². The number of hydrogen-bond donors (Lipinski definition) is 1. The number of nitrogens with one attached hydrogen (secondary N) is 1. The molecule has 1 aromatic heterocycles. The molecule has 124 valence electrons. The Morgan fingerprint density at radius 1 is 1.04 bits per heavy atom. The summed E-state index contributed by atoms with van der Waals surface area (Å²) in [7, 11) is 4.16. The van der Waals surface area contributed by atoms with E-state index in [-0.39, 0.29) is 0 Å². The van der Waals surface area contributed by atoms with Crippen LogP contribution in [0.1, 0.15) is 6.42 Å². The standard InChI is InChI=1S/C19H21ClN4/c1-24(2)12-6-11-21-19-16-9-3-4-10-17(16)22-18(23-19)14-7-5-8-15(20)13-14/h3-5,7-10,13H,6,11-12H2,1-2H3,(H,21,22,23). The second-order valence-corrected chi connectivity index (χ2v) is 6.44. The van der Waals surface area contributed by atoms with Crippen molar-refractivity contribution in [1.82, 2.24) is 14.9 Å². The molecule has 2 aromatic carbocycles. The highest BCUT2D eigenvalue weighted by Gasteiger charge is 2.09. The quantitative estimate of drug-likeness (QED) is 0.679. The molecule has 3 aromatic rings. The van der Waals surface area contributed by atoms with Crippen LogP contribution < -0.4 is 5.32 Å². The van der Waals surface area contributed by atoms with Crippen molar-refractivity contribution in [2.75, 3.05) is 32.5 Å². The zero-order valence-corrected chi connectivity index (χ0v) is 14.7. The topological polar surface area (TPSA) is 41.0 Å². The van der Waals surface area contributed by atoms with Gasteiger partial charge in [0, 0.05) is 22.5 Å². The highest BCUT2D eigenvalue weighted by molar-refractivity contribution is 6.30. The summed E-state index contributed by atoms with van der Waals surface area (Å²) < 4.78 is 0. The predicted octanol–water partition coefficient (Wildman–Crippen LogP) is 4.31. The number of benzene rings is 2. The summed E-state index contributed by atoms with van der Waals surface area (Å²) in [6.45, 7) is 1.91. The molecular weight excluding hydrogens is 320 g/mol. The van der Waals surface area contributed by atoms with E-state index in [9.17, 15) is 0 Å². The molecule has 0 fully saturated rings. The molecule has 0 radical (unpaired) electrons. The average Bonchev–Trinajstić information content (AvgIpc) is 2.58. The number of hydrogen-bond acceptors (Lipinski definition) is 4. The lowest BCUT2D eigenvalue weighted by Gasteiger charge is -2.13. The van der Waals surface area contributed by atoms with Crippen molar-refractivity contribution in [3.63, 3.8) is 0 Å². The maximum absolute atomic E-state index is 6.11. The van der Waals surface area contributed by atoms with Gasteiger partial charge in [0.05, 0.1) is 5.52 Å². The van der Waals surface area contributed by atoms with E-state index in [2.05, 4.69) is 29.3 Å². The zero-order chi connectivity index (χ0) is 16.9. The van der Waals surface area contributed by atoms with Crippen LogP contribution >= 0.6 is 11.6 Å². The Hall–Kier alpha value is -2.17. The first-order valence-electron chi connectivity index (χ1n) is 8.05. The van der Waals surface area contributed by atoms with Crippen molar-refractivity contribution in [1.29, 1.82) is 0 Å². The van der Waals surface area contributed by atoms with Gasteiger partial charge in [0.15, 0.2) is 5.82 Å². The SMILES string of the molecule is CN(C)CCCNc1nc(-c2cccc(Cl)c2)nc2ccccc12. The minimum atomic E-state index is 0.685. The van der Waals surface area contributed by atoms with E-state index in [0.29, 0.717) is 10.8 Å². The van der Waals surface area contributed by atoms with E-state index >= 15 is 0 Å². The van der Waals surface area contributed by atoms with Gasteiger partial charge in [-0.2, -0.15) is 0 Å². The molecule has 1 heterocycles. The molecule has 0 aliphatic rings. The molecule has 0 saturated carbocycles. The van der Waals surface area contributed by atoms with Crippen LogP contribution in [0.15, 0.2) is 48.5 Å². The lowest BCUT2D eigenvalue weighted by Crippen LogP contribution is -2.16. The van der Waals surface area contributed by atoms with Gasteiger partial charge in [-0.1, -0.05) is 35.9 Å². The highest BCUT2D eigenvalue weighted by Crippen LogP contribution is 2.26. The van der Waals surface area contributed by atoms with Crippen molar-refractivity contribution in [3.8, 4) is 11.4 Å². The van der Waals surface area contributed by atoms with Gasteiger partial charge in [0.2, 0.25) is 0 Å². The summed E-state index contributed by atoms with van der Waals surface area (Å²) in [5.41, 5.74) is 1.85. The van der Waals surface area contributed by atoms with Gasteiger partial charge in [-0.05, 0) is 51.3 Å².